The average molecular weight is 317 g/mol. The summed E-state index contributed by atoms with van der Waals surface area (Å²) in [6.45, 7) is 6.05. The molecule has 122 valence electrons. The van der Waals surface area contributed by atoms with Crippen LogP contribution in [0.2, 0.25) is 0 Å². The van der Waals surface area contributed by atoms with E-state index in [1.807, 2.05) is 0 Å². The van der Waals surface area contributed by atoms with Crippen LogP contribution in [0.15, 0.2) is 18.3 Å². The van der Waals surface area contributed by atoms with Gasteiger partial charge in [0.2, 0.25) is 0 Å². The normalized spacial score (nSPS) is 18.8. The Bertz CT molecular complexity index is 781. The summed E-state index contributed by atoms with van der Waals surface area (Å²) in [5.41, 5.74) is 0.295. The second-order valence-electron chi connectivity index (χ2n) is 6.17. The highest BCUT2D eigenvalue weighted by molar-refractivity contribution is 5.96. The zero-order valence-electron chi connectivity index (χ0n) is 13.1. The van der Waals surface area contributed by atoms with Crippen LogP contribution < -0.4 is 0 Å². The van der Waals surface area contributed by atoms with E-state index in [0.717, 1.165) is 19.5 Å². The van der Waals surface area contributed by atoms with Crippen molar-refractivity contribution < 1.29 is 19.8 Å². The second kappa shape index (κ2) is 5.66. The van der Waals surface area contributed by atoms with Crippen LogP contribution in [0.3, 0.4) is 0 Å². The van der Waals surface area contributed by atoms with Gasteiger partial charge in [0, 0.05) is 24.7 Å². The maximum Gasteiger partial charge on any atom is 0.356 e. The lowest BCUT2D eigenvalue weighted by molar-refractivity contribution is 0.0682. The first kappa shape index (κ1) is 15.5. The van der Waals surface area contributed by atoms with Gasteiger partial charge in [0.15, 0.2) is 5.69 Å². The minimum Gasteiger partial charge on any atom is -0.478 e. The number of nitrogens with zero attached hydrogens (tertiary/aromatic N) is 3. The molecule has 2 aromatic rings. The molecular weight excluding hydrogens is 298 g/mol. The molecule has 1 saturated heterocycles. The summed E-state index contributed by atoms with van der Waals surface area (Å²) in [5, 5.41) is 18.5. The second-order valence-corrected chi connectivity index (χ2v) is 6.17. The van der Waals surface area contributed by atoms with Gasteiger partial charge in [0.25, 0.3) is 0 Å². The molecule has 7 heteroatoms. The Balaban J connectivity index is 2.08. The molecule has 1 aliphatic heterocycles. The van der Waals surface area contributed by atoms with Crippen LogP contribution >= 0.6 is 0 Å². The standard InChI is InChI=1S/C16H19N3O4/c1-9(2)18-5-3-11(8-18)14-17-13(16(22)23)12-7-10(15(20)21)4-6-19(12)14/h4,6-7,9,11H,3,5,8H2,1-2H3,(H,20,21)(H,22,23). The molecular formula is C16H19N3O4. The molecule has 2 N–H and O–H groups in total. The predicted octanol–water partition coefficient (Wildman–Crippen LogP) is 1.93. The van der Waals surface area contributed by atoms with Crippen molar-refractivity contribution >= 4 is 17.5 Å². The number of aromatic nitrogens is 2. The summed E-state index contributed by atoms with van der Waals surface area (Å²) >= 11 is 0. The molecule has 3 heterocycles. The maximum absolute atomic E-state index is 11.5. The molecule has 0 amide bonds. The third-order valence-electron chi connectivity index (χ3n) is 4.44. The van der Waals surface area contributed by atoms with Crippen molar-refractivity contribution in [2.75, 3.05) is 13.1 Å². The van der Waals surface area contributed by atoms with Crippen molar-refractivity contribution in [3.05, 3.63) is 35.4 Å². The number of likely N-dealkylation sites (tertiary alicyclic amines) is 1. The van der Waals surface area contributed by atoms with E-state index in [0.29, 0.717) is 17.4 Å². The minimum atomic E-state index is -1.14. The highest BCUT2D eigenvalue weighted by atomic mass is 16.4. The number of carboxylic acid groups (broad SMARTS) is 2. The lowest BCUT2D eigenvalue weighted by Gasteiger charge is -2.19. The van der Waals surface area contributed by atoms with Gasteiger partial charge in [-0.2, -0.15) is 0 Å². The Morgan fingerprint density at radius 2 is 2.04 bits per heavy atom. The van der Waals surface area contributed by atoms with E-state index in [9.17, 15) is 14.7 Å². The van der Waals surface area contributed by atoms with Crippen molar-refractivity contribution in [1.82, 2.24) is 14.3 Å². The molecule has 2 aromatic heterocycles. The molecule has 0 aromatic carbocycles. The number of rotatable bonds is 4. The summed E-state index contributed by atoms with van der Waals surface area (Å²) < 4.78 is 1.71. The number of fused-ring (bicyclic) bond motifs is 1. The van der Waals surface area contributed by atoms with E-state index in [4.69, 9.17) is 5.11 Å². The van der Waals surface area contributed by atoms with Crippen molar-refractivity contribution in [2.24, 2.45) is 0 Å². The Morgan fingerprint density at radius 1 is 1.30 bits per heavy atom. The van der Waals surface area contributed by atoms with E-state index in [1.165, 1.54) is 12.1 Å². The first-order valence-electron chi connectivity index (χ1n) is 7.61. The monoisotopic (exact) mass is 317 g/mol. The Hall–Kier alpha value is -2.41. The van der Waals surface area contributed by atoms with Crippen LogP contribution in [-0.2, 0) is 0 Å². The largest absolute Gasteiger partial charge is 0.478 e. The summed E-state index contributed by atoms with van der Waals surface area (Å²) in [5.74, 6) is -1.39. The van der Waals surface area contributed by atoms with Gasteiger partial charge < -0.3 is 19.5 Å². The van der Waals surface area contributed by atoms with Crippen LogP contribution in [0, 0.1) is 0 Å². The van der Waals surface area contributed by atoms with Crippen molar-refractivity contribution in [2.45, 2.75) is 32.2 Å². The third-order valence-corrected chi connectivity index (χ3v) is 4.44. The van der Waals surface area contributed by atoms with Crippen LogP contribution in [0.4, 0.5) is 0 Å². The van der Waals surface area contributed by atoms with Gasteiger partial charge in [-0.05, 0) is 38.9 Å². The van der Waals surface area contributed by atoms with Gasteiger partial charge in [-0.15, -0.1) is 0 Å². The number of aromatic carboxylic acids is 2. The SMILES string of the molecule is CC(C)N1CCC(c2nc(C(=O)O)c3cc(C(=O)O)ccn23)C1. The predicted molar refractivity (Wildman–Crippen MR) is 83.2 cm³/mol. The van der Waals surface area contributed by atoms with Crippen molar-refractivity contribution in [3.63, 3.8) is 0 Å². The molecule has 0 saturated carbocycles. The van der Waals surface area contributed by atoms with E-state index < -0.39 is 11.9 Å². The van der Waals surface area contributed by atoms with Crippen LogP contribution in [-0.4, -0.2) is 55.6 Å². The third kappa shape index (κ3) is 2.68. The molecule has 0 radical (unpaired) electrons. The summed E-state index contributed by atoms with van der Waals surface area (Å²) in [6, 6.07) is 3.28. The summed E-state index contributed by atoms with van der Waals surface area (Å²) in [7, 11) is 0. The topological polar surface area (TPSA) is 95.1 Å². The highest BCUT2D eigenvalue weighted by Gasteiger charge is 2.30. The highest BCUT2D eigenvalue weighted by Crippen LogP contribution is 2.29. The van der Waals surface area contributed by atoms with Gasteiger partial charge in [0.1, 0.15) is 5.82 Å². The molecule has 0 bridgehead atoms. The lowest BCUT2D eigenvalue weighted by atomic mass is 10.1. The van der Waals surface area contributed by atoms with Gasteiger partial charge in [-0.25, -0.2) is 14.6 Å². The maximum atomic E-state index is 11.5. The molecule has 0 spiro atoms. The Kier molecular flexibility index (Phi) is 3.81. The van der Waals surface area contributed by atoms with Crippen molar-refractivity contribution in [1.29, 1.82) is 0 Å². The number of pyridine rings is 1. The number of hydrogen-bond acceptors (Lipinski definition) is 4. The fourth-order valence-electron chi connectivity index (χ4n) is 3.15. The lowest BCUT2D eigenvalue weighted by Crippen LogP contribution is -2.28. The molecule has 3 rings (SSSR count). The first-order chi connectivity index (χ1) is 10.9. The average Bonchev–Trinajstić information content (AvgIpc) is 3.10. The van der Waals surface area contributed by atoms with Gasteiger partial charge in [-0.1, -0.05) is 0 Å². The van der Waals surface area contributed by atoms with Gasteiger partial charge in [-0.3, -0.25) is 0 Å². The van der Waals surface area contributed by atoms with E-state index in [-0.39, 0.29) is 17.2 Å². The molecule has 23 heavy (non-hydrogen) atoms. The first-order valence-corrected chi connectivity index (χ1v) is 7.61. The molecule has 1 unspecified atom stereocenters. The Labute approximate surface area is 133 Å². The van der Waals surface area contributed by atoms with Crippen LogP contribution in [0.5, 0.6) is 0 Å². The Morgan fingerprint density at radius 3 is 2.61 bits per heavy atom. The van der Waals surface area contributed by atoms with E-state index in [2.05, 4.69) is 23.7 Å². The van der Waals surface area contributed by atoms with Gasteiger partial charge >= 0.3 is 11.9 Å². The quantitative estimate of drug-likeness (QED) is 0.894. The van der Waals surface area contributed by atoms with Crippen LogP contribution in [0.25, 0.3) is 5.52 Å². The molecule has 1 atom stereocenters. The zero-order valence-corrected chi connectivity index (χ0v) is 13.1. The minimum absolute atomic E-state index is 0.0571. The molecule has 1 fully saturated rings. The number of carbonyl (C=O) groups is 2. The number of hydrogen-bond donors (Lipinski definition) is 2. The number of imidazole rings is 1. The van der Waals surface area contributed by atoms with Crippen molar-refractivity contribution in [3.8, 4) is 0 Å². The zero-order chi connectivity index (χ0) is 16.7. The van der Waals surface area contributed by atoms with E-state index in [1.54, 1.807) is 10.6 Å². The number of carboxylic acids is 2. The summed E-state index contributed by atoms with van der Waals surface area (Å²) in [6.07, 6.45) is 2.52. The summed E-state index contributed by atoms with van der Waals surface area (Å²) in [4.78, 5) is 29.2. The van der Waals surface area contributed by atoms with Gasteiger partial charge in [0.05, 0.1) is 11.1 Å². The molecule has 0 aliphatic carbocycles. The van der Waals surface area contributed by atoms with E-state index >= 15 is 0 Å². The molecule has 1 aliphatic rings. The fraction of sp³-hybridized carbons (Fsp3) is 0.438. The molecule has 7 nitrogen and oxygen atoms in total. The smallest absolute Gasteiger partial charge is 0.356 e. The van der Waals surface area contributed by atoms with Crippen LogP contribution in [0.1, 0.15) is 52.9 Å². The fourth-order valence-corrected chi connectivity index (χ4v) is 3.15.